The number of carbonyl (C=O) groups is 1. The summed E-state index contributed by atoms with van der Waals surface area (Å²) < 4.78 is 19.5. The first-order valence-corrected chi connectivity index (χ1v) is 13.1. The van der Waals surface area contributed by atoms with Crippen LogP contribution in [0.3, 0.4) is 0 Å². The zero-order valence-electron chi connectivity index (χ0n) is 20.7. The van der Waals surface area contributed by atoms with Crippen LogP contribution in [0.25, 0.3) is 16.7 Å². The number of halogens is 2. The zero-order valence-corrected chi connectivity index (χ0v) is 22.8. The number of Topliss-reactive ketones (excluding diaryl/α,β-unsaturated/α-hetero) is 1. The Morgan fingerprint density at radius 3 is 2.41 bits per heavy atom. The maximum atomic E-state index is 15.2. The van der Waals surface area contributed by atoms with Crippen LogP contribution in [0, 0.1) is 16.3 Å². The minimum absolute atomic E-state index is 0.0157. The minimum atomic E-state index is -0.659. The van der Waals surface area contributed by atoms with Gasteiger partial charge in [-0.05, 0) is 90.6 Å². The van der Waals surface area contributed by atoms with E-state index in [1.165, 1.54) is 35.2 Å². The standard InChI is InChI=1S/C28H25FIN3O4/c1-15(34)11-17-5-4-6-18(12-17)13-21-16(2)26(35)31(3)25-24(21)27(36)32(20-8-9-20)28(37)33(25)23-10-7-19(30)14-22(23)29/h4-7,10,12,14,20H,8-9,11,13H2,1-3H3. The van der Waals surface area contributed by atoms with Gasteiger partial charge in [0.05, 0.1) is 11.1 Å². The zero-order chi connectivity index (χ0) is 26.6. The summed E-state index contributed by atoms with van der Waals surface area (Å²) in [4.78, 5) is 52.6. The van der Waals surface area contributed by atoms with Crippen molar-refractivity contribution in [2.75, 3.05) is 0 Å². The summed E-state index contributed by atoms with van der Waals surface area (Å²) in [6.07, 6.45) is 1.90. The third-order valence-corrected chi connectivity index (χ3v) is 7.52. The SMILES string of the molecule is CC(=O)Cc1cccc(Cc2c(C)c(=O)n(C)c3c2c(=O)n(C2CC2)c(=O)n3-c2ccc(I)cc2F)c1. The molecule has 0 unspecified atom stereocenters. The molecule has 37 heavy (non-hydrogen) atoms. The molecule has 4 aromatic rings. The van der Waals surface area contributed by atoms with Gasteiger partial charge in [-0.1, -0.05) is 24.3 Å². The van der Waals surface area contributed by atoms with Crippen molar-refractivity contribution in [3.8, 4) is 5.69 Å². The monoisotopic (exact) mass is 613 g/mol. The van der Waals surface area contributed by atoms with E-state index in [0.29, 0.717) is 27.5 Å². The predicted octanol–water partition coefficient (Wildman–Crippen LogP) is 3.96. The first-order valence-electron chi connectivity index (χ1n) is 12.0. The fraction of sp³-hybridized carbons (Fsp3) is 0.286. The van der Waals surface area contributed by atoms with Gasteiger partial charge in [-0.2, -0.15) is 0 Å². The number of aryl methyl sites for hydroxylation is 1. The summed E-state index contributed by atoms with van der Waals surface area (Å²) in [7, 11) is 1.50. The van der Waals surface area contributed by atoms with E-state index in [1.807, 2.05) is 46.9 Å². The lowest BCUT2D eigenvalue weighted by molar-refractivity contribution is -0.116. The Kier molecular flexibility index (Phi) is 6.51. The van der Waals surface area contributed by atoms with E-state index in [1.54, 1.807) is 13.0 Å². The van der Waals surface area contributed by atoms with Gasteiger partial charge in [0.25, 0.3) is 11.1 Å². The molecule has 1 saturated carbocycles. The third kappa shape index (κ3) is 4.49. The number of ketones is 1. The maximum absolute atomic E-state index is 15.2. The Morgan fingerprint density at radius 2 is 1.76 bits per heavy atom. The molecule has 0 bridgehead atoms. The van der Waals surface area contributed by atoms with Crippen LogP contribution >= 0.6 is 22.6 Å². The Morgan fingerprint density at radius 1 is 1.05 bits per heavy atom. The van der Waals surface area contributed by atoms with Gasteiger partial charge < -0.3 is 0 Å². The highest BCUT2D eigenvalue weighted by molar-refractivity contribution is 14.1. The first-order chi connectivity index (χ1) is 17.6. The molecule has 5 rings (SSSR count). The number of hydrogen-bond acceptors (Lipinski definition) is 4. The number of rotatable bonds is 6. The molecule has 1 aliphatic carbocycles. The number of pyridine rings is 1. The maximum Gasteiger partial charge on any atom is 0.337 e. The van der Waals surface area contributed by atoms with Gasteiger partial charge in [0.1, 0.15) is 17.2 Å². The molecule has 7 nitrogen and oxygen atoms in total. The lowest BCUT2D eigenvalue weighted by Gasteiger charge is -2.20. The lowest BCUT2D eigenvalue weighted by atomic mass is 9.96. The molecule has 1 aliphatic rings. The van der Waals surface area contributed by atoms with Gasteiger partial charge in [-0.15, -0.1) is 0 Å². The molecule has 0 N–H and O–H groups in total. The molecule has 0 aliphatic heterocycles. The van der Waals surface area contributed by atoms with E-state index in [2.05, 4.69) is 0 Å². The van der Waals surface area contributed by atoms with Crippen molar-refractivity contribution in [2.24, 2.45) is 7.05 Å². The molecule has 2 aromatic carbocycles. The van der Waals surface area contributed by atoms with E-state index >= 15 is 4.39 Å². The molecule has 2 heterocycles. The summed E-state index contributed by atoms with van der Waals surface area (Å²) in [5.41, 5.74) is 1.10. The lowest BCUT2D eigenvalue weighted by Crippen LogP contribution is -2.42. The van der Waals surface area contributed by atoms with Gasteiger partial charge in [0.2, 0.25) is 0 Å². The number of benzene rings is 2. The summed E-state index contributed by atoms with van der Waals surface area (Å²) >= 11 is 1.99. The number of carbonyl (C=O) groups excluding carboxylic acids is 1. The number of fused-ring (bicyclic) bond motifs is 1. The Balaban J connectivity index is 1.88. The largest absolute Gasteiger partial charge is 0.337 e. The average molecular weight is 613 g/mol. The fourth-order valence-corrected chi connectivity index (χ4v) is 5.41. The van der Waals surface area contributed by atoms with Crippen LogP contribution in [0.5, 0.6) is 0 Å². The van der Waals surface area contributed by atoms with Crippen molar-refractivity contribution >= 4 is 39.4 Å². The summed E-state index contributed by atoms with van der Waals surface area (Å²) in [6, 6.07) is 11.7. The molecular formula is C28H25FIN3O4. The highest BCUT2D eigenvalue weighted by atomic mass is 127. The van der Waals surface area contributed by atoms with Gasteiger partial charge in [-0.3, -0.25) is 23.5 Å². The Bertz CT molecular complexity index is 1780. The van der Waals surface area contributed by atoms with Crippen LogP contribution in [0.4, 0.5) is 4.39 Å². The number of nitrogens with zero attached hydrogens (tertiary/aromatic N) is 3. The van der Waals surface area contributed by atoms with Crippen molar-refractivity contribution in [1.29, 1.82) is 0 Å². The summed E-state index contributed by atoms with van der Waals surface area (Å²) in [5, 5.41) is 0.223. The third-order valence-electron chi connectivity index (χ3n) is 6.85. The number of aromatic nitrogens is 3. The Labute approximate surface area is 225 Å². The average Bonchev–Trinajstić information content (AvgIpc) is 3.66. The van der Waals surface area contributed by atoms with Crippen molar-refractivity contribution in [3.05, 3.63) is 105 Å². The Hall–Kier alpha value is -3.34. The normalized spacial score (nSPS) is 13.3. The first kappa shape index (κ1) is 25.3. The summed E-state index contributed by atoms with van der Waals surface area (Å²) in [5.74, 6) is -0.592. The van der Waals surface area contributed by atoms with Crippen molar-refractivity contribution in [3.63, 3.8) is 0 Å². The molecular weight excluding hydrogens is 588 g/mol. The highest BCUT2D eigenvalue weighted by Crippen LogP contribution is 2.33. The molecule has 9 heteroatoms. The summed E-state index contributed by atoms with van der Waals surface area (Å²) in [6.45, 7) is 3.19. The van der Waals surface area contributed by atoms with Gasteiger partial charge in [0, 0.05) is 28.6 Å². The second-order valence-corrected chi connectivity index (χ2v) is 10.9. The van der Waals surface area contributed by atoms with Gasteiger partial charge >= 0.3 is 5.69 Å². The van der Waals surface area contributed by atoms with E-state index < -0.39 is 17.1 Å². The van der Waals surface area contributed by atoms with E-state index in [0.717, 1.165) is 15.7 Å². The van der Waals surface area contributed by atoms with Gasteiger partial charge in [0.15, 0.2) is 0 Å². The van der Waals surface area contributed by atoms with Crippen LogP contribution in [0.15, 0.2) is 56.8 Å². The second kappa shape index (κ2) is 9.51. The molecule has 0 amide bonds. The minimum Gasteiger partial charge on any atom is -0.300 e. The van der Waals surface area contributed by atoms with Crippen LogP contribution in [0.1, 0.15) is 48.1 Å². The van der Waals surface area contributed by atoms with Gasteiger partial charge in [-0.25, -0.2) is 13.8 Å². The second-order valence-electron chi connectivity index (χ2n) is 9.66. The van der Waals surface area contributed by atoms with E-state index in [4.69, 9.17) is 0 Å². The molecule has 0 radical (unpaired) electrons. The van der Waals surface area contributed by atoms with Crippen molar-refractivity contribution < 1.29 is 9.18 Å². The molecule has 190 valence electrons. The quantitative estimate of drug-likeness (QED) is 0.309. The molecule has 0 saturated heterocycles. The van der Waals surface area contributed by atoms with Crippen LogP contribution in [-0.4, -0.2) is 19.5 Å². The number of hydrogen-bond donors (Lipinski definition) is 0. The highest BCUT2D eigenvalue weighted by Gasteiger charge is 2.32. The molecule has 2 aromatic heterocycles. The van der Waals surface area contributed by atoms with Crippen LogP contribution < -0.4 is 16.8 Å². The van der Waals surface area contributed by atoms with Crippen LogP contribution in [0.2, 0.25) is 0 Å². The van der Waals surface area contributed by atoms with E-state index in [-0.39, 0.29) is 46.9 Å². The molecule has 0 atom stereocenters. The van der Waals surface area contributed by atoms with E-state index in [9.17, 15) is 19.2 Å². The fourth-order valence-electron chi connectivity index (χ4n) is 4.96. The smallest absolute Gasteiger partial charge is 0.300 e. The van der Waals surface area contributed by atoms with Crippen molar-refractivity contribution in [2.45, 2.75) is 45.6 Å². The topological polar surface area (TPSA) is 83.1 Å². The molecule has 0 spiro atoms. The predicted molar refractivity (Wildman–Crippen MR) is 148 cm³/mol. The van der Waals surface area contributed by atoms with Crippen LogP contribution in [-0.2, 0) is 24.7 Å². The molecule has 1 fully saturated rings. The van der Waals surface area contributed by atoms with Crippen molar-refractivity contribution in [1.82, 2.24) is 13.7 Å².